The number of likely N-dealkylation sites (tertiary alicyclic amines) is 1. The van der Waals surface area contributed by atoms with Gasteiger partial charge in [0.25, 0.3) is 5.91 Å². The SMILES string of the molecule is CNC(=O)c1ccnc(N2CCC[C@@]3(CCC(=O)N(C4CCCC4)C3)C2)c1. The van der Waals surface area contributed by atoms with E-state index in [4.69, 9.17) is 0 Å². The fourth-order valence-corrected chi connectivity index (χ4v) is 5.21. The number of pyridine rings is 1. The van der Waals surface area contributed by atoms with Crippen LogP contribution in [0.25, 0.3) is 0 Å². The first-order chi connectivity index (χ1) is 13.1. The Kier molecular flexibility index (Phi) is 5.06. The predicted molar refractivity (Wildman–Crippen MR) is 105 cm³/mol. The summed E-state index contributed by atoms with van der Waals surface area (Å²) in [5, 5.41) is 2.68. The molecule has 2 saturated heterocycles. The van der Waals surface area contributed by atoms with Crippen molar-refractivity contribution >= 4 is 17.6 Å². The summed E-state index contributed by atoms with van der Waals surface area (Å²) in [7, 11) is 1.65. The third-order valence-corrected chi connectivity index (χ3v) is 6.68. The van der Waals surface area contributed by atoms with Gasteiger partial charge in [-0.05, 0) is 44.2 Å². The van der Waals surface area contributed by atoms with Gasteiger partial charge in [-0.15, -0.1) is 0 Å². The quantitative estimate of drug-likeness (QED) is 0.888. The highest BCUT2D eigenvalue weighted by atomic mass is 16.2. The molecule has 1 atom stereocenters. The topological polar surface area (TPSA) is 65.5 Å². The number of hydrogen-bond acceptors (Lipinski definition) is 4. The van der Waals surface area contributed by atoms with Gasteiger partial charge in [-0.2, -0.15) is 0 Å². The second kappa shape index (κ2) is 7.49. The summed E-state index contributed by atoms with van der Waals surface area (Å²) >= 11 is 0. The van der Waals surface area contributed by atoms with Crippen molar-refractivity contribution in [2.24, 2.45) is 5.41 Å². The number of anilines is 1. The molecule has 3 aliphatic rings. The molecule has 2 amide bonds. The van der Waals surface area contributed by atoms with Crippen molar-refractivity contribution in [2.45, 2.75) is 57.4 Å². The fourth-order valence-electron chi connectivity index (χ4n) is 5.21. The largest absolute Gasteiger partial charge is 0.356 e. The molecule has 1 aromatic rings. The molecule has 146 valence electrons. The second-order valence-electron chi connectivity index (χ2n) is 8.47. The minimum absolute atomic E-state index is 0.0824. The molecule has 6 nitrogen and oxygen atoms in total. The smallest absolute Gasteiger partial charge is 0.251 e. The molecular formula is C21H30N4O2. The third-order valence-electron chi connectivity index (χ3n) is 6.68. The molecule has 0 bridgehead atoms. The standard InChI is InChI=1S/C21H30N4O2/c1-22-20(27)16-8-11-23-18(13-16)24-12-4-9-21(14-24)10-7-19(26)25(15-21)17-5-2-3-6-17/h8,11,13,17H,2-7,9-10,12,14-15H2,1H3,(H,22,27)/t21-/m1/s1. The van der Waals surface area contributed by atoms with Gasteiger partial charge in [0.15, 0.2) is 0 Å². The monoisotopic (exact) mass is 370 g/mol. The number of nitrogens with one attached hydrogen (secondary N) is 1. The summed E-state index contributed by atoms with van der Waals surface area (Å²) in [6.45, 7) is 2.78. The Morgan fingerprint density at radius 3 is 2.81 bits per heavy atom. The first-order valence-electron chi connectivity index (χ1n) is 10.3. The highest BCUT2D eigenvalue weighted by Gasteiger charge is 2.44. The van der Waals surface area contributed by atoms with Gasteiger partial charge >= 0.3 is 0 Å². The summed E-state index contributed by atoms with van der Waals surface area (Å²) in [6, 6.07) is 4.10. The molecule has 1 aliphatic carbocycles. The summed E-state index contributed by atoms with van der Waals surface area (Å²) in [4.78, 5) is 33.6. The average molecular weight is 370 g/mol. The highest BCUT2D eigenvalue weighted by molar-refractivity contribution is 5.94. The molecule has 27 heavy (non-hydrogen) atoms. The lowest BCUT2D eigenvalue weighted by Gasteiger charge is -2.50. The molecule has 0 radical (unpaired) electrons. The first kappa shape index (κ1) is 18.3. The van der Waals surface area contributed by atoms with Crippen LogP contribution in [-0.2, 0) is 4.79 Å². The highest BCUT2D eigenvalue weighted by Crippen LogP contribution is 2.42. The van der Waals surface area contributed by atoms with Crippen LogP contribution in [0.2, 0.25) is 0 Å². The van der Waals surface area contributed by atoms with Crippen LogP contribution in [0.5, 0.6) is 0 Å². The van der Waals surface area contributed by atoms with Gasteiger partial charge in [-0.25, -0.2) is 4.98 Å². The van der Waals surface area contributed by atoms with E-state index in [9.17, 15) is 9.59 Å². The Balaban J connectivity index is 1.52. The van der Waals surface area contributed by atoms with Crippen LogP contribution in [0.4, 0.5) is 5.82 Å². The Bertz CT molecular complexity index is 716. The molecule has 6 heteroatoms. The number of aromatic nitrogens is 1. The molecule has 1 saturated carbocycles. The van der Waals surface area contributed by atoms with Crippen LogP contribution >= 0.6 is 0 Å². The van der Waals surface area contributed by atoms with Gasteiger partial charge in [0.2, 0.25) is 5.91 Å². The summed E-state index contributed by atoms with van der Waals surface area (Å²) in [5.74, 6) is 1.14. The normalized spacial score (nSPS) is 26.6. The molecule has 1 N–H and O–H groups in total. The van der Waals surface area contributed by atoms with E-state index >= 15 is 0 Å². The van der Waals surface area contributed by atoms with Gasteiger partial charge in [-0.1, -0.05) is 12.8 Å². The molecule has 0 unspecified atom stereocenters. The van der Waals surface area contributed by atoms with Crippen molar-refractivity contribution < 1.29 is 9.59 Å². The van der Waals surface area contributed by atoms with Crippen molar-refractivity contribution in [1.29, 1.82) is 0 Å². The molecular weight excluding hydrogens is 340 g/mol. The van der Waals surface area contributed by atoms with Crippen molar-refractivity contribution in [3.8, 4) is 0 Å². The van der Waals surface area contributed by atoms with Gasteiger partial charge in [0.05, 0.1) is 0 Å². The van der Waals surface area contributed by atoms with Crippen LogP contribution in [0.1, 0.15) is 61.7 Å². The number of nitrogens with zero attached hydrogens (tertiary/aromatic N) is 3. The summed E-state index contributed by atoms with van der Waals surface area (Å²) in [6.07, 6.45) is 10.5. The molecule has 2 aliphatic heterocycles. The van der Waals surface area contributed by atoms with E-state index in [2.05, 4.69) is 20.1 Å². The lowest BCUT2D eigenvalue weighted by atomic mass is 9.73. The molecule has 0 aromatic carbocycles. The Morgan fingerprint density at radius 1 is 1.22 bits per heavy atom. The van der Waals surface area contributed by atoms with Crippen LogP contribution in [0.3, 0.4) is 0 Å². The number of amides is 2. The van der Waals surface area contributed by atoms with Crippen molar-refractivity contribution in [2.75, 3.05) is 31.6 Å². The van der Waals surface area contributed by atoms with Crippen molar-refractivity contribution in [3.63, 3.8) is 0 Å². The van der Waals surface area contributed by atoms with E-state index in [1.165, 1.54) is 32.1 Å². The second-order valence-corrected chi connectivity index (χ2v) is 8.47. The average Bonchev–Trinajstić information content (AvgIpc) is 3.24. The summed E-state index contributed by atoms with van der Waals surface area (Å²) in [5.41, 5.74) is 0.813. The lowest BCUT2D eigenvalue weighted by molar-refractivity contribution is -0.140. The number of carbonyl (C=O) groups excluding carboxylic acids is 2. The van der Waals surface area contributed by atoms with Crippen LogP contribution < -0.4 is 10.2 Å². The van der Waals surface area contributed by atoms with Gasteiger partial charge < -0.3 is 15.1 Å². The number of hydrogen-bond donors (Lipinski definition) is 1. The van der Waals surface area contributed by atoms with Crippen LogP contribution in [0, 0.1) is 5.41 Å². The molecule has 1 spiro atoms. The molecule has 3 heterocycles. The molecule has 1 aromatic heterocycles. The van der Waals surface area contributed by atoms with E-state index in [0.717, 1.165) is 38.3 Å². The Hall–Kier alpha value is -2.11. The van der Waals surface area contributed by atoms with Crippen molar-refractivity contribution in [3.05, 3.63) is 23.9 Å². The molecule has 3 fully saturated rings. The minimum atomic E-state index is -0.0824. The van der Waals surface area contributed by atoms with E-state index in [1.54, 1.807) is 19.3 Å². The van der Waals surface area contributed by atoms with Crippen molar-refractivity contribution in [1.82, 2.24) is 15.2 Å². The predicted octanol–water partition coefficient (Wildman–Crippen LogP) is 2.59. The zero-order chi connectivity index (χ0) is 18.9. The fraction of sp³-hybridized carbons (Fsp3) is 0.667. The van der Waals surface area contributed by atoms with Gasteiger partial charge in [-0.3, -0.25) is 9.59 Å². The maximum Gasteiger partial charge on any atom is 0.251 e. The Labute approximate surface area is 161 Å². The molecule has 4 rings (SSSR count). The minimum Gasteiger partial charge on any atom is -0.356 e. The van der Waals surface area contributed by atoms with Crippen LogP contribution in [-0.4, -0.2) is 54.4 Å². The number of rotatable bonds is 3. The first-order valence-corrected chi connectivity index (χ1v) is 10.3. The number of piperidine rings is 2. The number of carbonyl (C=O) groups is 2. The Morgan fingerprint density at radius 2 is 2.04 bits per heavy atom. The van der Waals surface area contributed by atoms with Crippen LogP contribution in [0.15, 0.2) is 18.3 Å². The van der Waals surface area contributed by atoms with Gasteiger partial charge in [0, 0.05) is 56.3 Å². The van der Waals surface area contributed by atoms with E-state index in [0.29, 0.717) is 23.9 Å². The maximum atomic E-state index is 12.6. The summed E-state index contributed by atoms with van der Waals surface area (Å²) < 4.78 is 0. The lowest BCUT2D eigenvalue weighted by Crippen LogP contribution is -2.56. The maximum absolute atomic E-state index is 12.6. The van der Waals surface area contributed by atoms with E-state index in [-0.39, 0.29) is 11.3 Å². The zero-order valence-electron chi connectivity index (χ0n) is 16.2. The van der Waals surface area contributed by atoms with Gasteiger partial charge in [0.1, 0.15) is 5.82 Å². The van der Waals surface area contributed by atoms with E-state index in [1.807, 2.05) is 6.07 Å². The van der Waals surface area contributed by atoms with E-state index < -0.39 is 0 Å². The zero-order valence-corrected chi connectivity index (χ0v) is 16.2. The third kappa shape index (κ3) is 3.66.